The minimum absolute atomic E-state index is 0.632. The highest BCUT2D eigenvalue weighted by Crippen LogP contribution is 2.38. The molecule has 1 unspecified atom stereocenters. The van der Waals surface area contributed by atoms with Gasteiger partial charge in [0.2, 0.25) is 0 Å². The predicted molar refractivity (Wildman–Crippen MR) is 81.5 cm³/mol. The van der Waals surface area contributed by atoms with Gasteiger partial charge < -0.3 is 9.84 Å². The third-order valence-electron chi connectivity index (χ3n) is 2.68. The molecule has 0 saturated heterocycles. The molecule has 0 amide bonds. The molecule has 1 N–H and O–H groups in total. The number of benzene rings is 1. The van der Waals surface area contributed by atoms with Crippen molar-refractivity contribution in [2.75, 3.05) is 7.11 Å². The molecule has 0 spiro atoms. The molecule has 18 heavy (non-hydrogen) atoms. The molecule has 2 aromatic rings. The zero-order chi connectivity index (χ0) is 13.3. The van der Waals surface area contributed by atoms with Crippen LogP contribution < -0.4 is 4.74 Å². The van der Waals surface area contributed by atoms with E-state index in [2.05, 4.69) is 31.9 Å². The van der Waals surface area contributed by atoms with Crippen molar-refractivity contribution in [2.45, 2.75) is 13.0 Å². The molecule has 0 aliphatic rings. The molecule has 1 atom stereocenters. The van der Waals surface area contributed by atoms with Gasteiger partial charge in [0, 0.05) is 9.35 Å². The largest absolute Gasteiger partial charge is 0.496 e. The molecule has 5 heteroatoms. The van der Waals surface area contributed by atoms with E-state index in [1.807, 2.05) is 31.2 Å². The van der Waals surface area contributed by atoms with Crippen molar-refractivity contribution < 1.29 is 9.84 Å². The molecule has 0 aliphatic carbocycles. The zero-order valence-corrected chi connectivity index (χ0v) is 13.9. The molecule has 2 rings (SSSR count). The normalized spacial score (nSPS) is 12.5. The Bertz CT molecular complexity index is 547. The van der Waals surface area contributed by atoms with Gasteiger partial charge in [-0.3, -0.25) is 0 Å². The Hall–Kier alpha value is -0.360. The summed E-state index contributed by atoms with van der Waals surface area (Å²) in [5, 5.41) is 10.4. The Labute approximate surface area is 127 Å². The number of aliphatic hydroxyl groups excluding tert-OH is 1. The summed E-state index contributed by atoms with van der Waals surface area (Å²) in [6, 6.07) is 7.67. The van der Waals surface area contributed by atoms with Crippen LogP contribution in [0.1, 0.15) is 22.1 Å². The van der Waals surface area contributed by atoms with Gasteiger partial charge in [-0.2, -0.15) is 0 Å². The van der Waals surface area contributed by atoms with E-state index in [4.69, 9.17) is 4.74 Å². The highest BCUT2D eigenvalue weighted by atomic mass is 79.9. The van der Waals surface area contributed by atoms with E-state index in [1.165, 1.54) is 11.3 Å². The van der Waals surface area contributed by atoms with Crippen molar-refractivity contribution in [3.8, 4) is 5.75 Å². The fraction of sp³-hybridized carbons (Fsp3) is 0.231. The van der Waals surface area contributed by atoms with Crippen LogP contribution in [0.3, 0.4) is 0 Å². The molecule has 1 heterocycles. The van der Waals surface area contributed by atoms with Crippen molar-refractivity contribution >= 4 is 43.2 Å². The summed E-state index contributed by atoms with van der Waals surface area (Å²) >= 11 is 8.37. The first kappa shape index (κ1) is 14.1. The number of thiophene rings is 1. The predicted octanol–water partition coefficient (Wildman–Crippen LogP) is 4.67. The van der Waals surface area contributed by atoms with E-state index in [9.17, 15) is 5.11 Å². The minimum Gasteiger partial charge on any atom is -0.496 e. The summed E-state index contributed by atoms with van der Waals surface area (Å²) in [7, 11) is 1.64. The molecule has 96 valence electrons. The number of rotatable bonds is 3. The maximum Gasteiger partial charge on any atom is 0.122 e. The number of methoxy groups -OCH3 is 1. The van der Waals surface area contributed by atoms with Crippen molar-refractivity contribution in [3.63, 3.8) is 0 Å². The lowest BCUT2D eigenvalue weighted by molar-refractivity contribution is 0.223. The van der Waals surface area contributed by atoms with E-state index in [1.54, 1.807) is 7.11 Å². The third-order valence-corrected chi connectivity index (χ3v) is 5.99. The van der Waals surface area contributed by atoms with E-state index < -0.39 is 6.10 Å². The summed E-state index contributed by atoms with van der Waals surface area (Å²) in [4.78, 5) is 0.889. The molecule has 0 aliphatic heterocycles. The quantitative estimate of drug-likeness (QED) is 0.823. The van der Waals surface area contributed by atoms with E-state index in [0.29, 0.717) is 0 Å². The average Bonchev–Trinajstić information content (AvgIpc) is 2.69. The molecule has 1 aromatic heterocycles. The second-order valence-electron chi connectivity index (χ2n) is 3.90. The number of ether oxygens (including phenoxy) is 1. The number of halogens is 2. The molecular weight excluding hydrogens is 380 g/mol. The molecule has 0 fully saturated rings. The van der Waals surface area contributed by atoms with Crippen LogP contribution in [-0.2, 0) is 0 Å². The van der Waals surface area contributed by atoms with E-state index in [-0.39, 0.29) is 0 Å². The SMILES string of the molecule is COc1cc(C(O)c2cc(Br)c(Br)s2)ccc1C. The van der Waals surface area contributed by atoms with Gasteiger partial charge in [-0.1, -0.05) is 12.1 Å². The molecular formula is C13H12Br2O2S. The number of hydrogen-bond acceptors (Lipinski definition) is 3. The maximum atomic E-state index is 10.4. The van der Waals surface area contributed by atoms with Gasteiger partial charge in [0.1, 0.15) is 11.9 Å². The molecule has 0 saturated carbocycles. The summed E-state index contributed by atoms with van der Waals surface area (Å²) in [6.45, 7) is 1.98. The summed E-state index contributed by atoms with van der Waals surface area (Å²) in [5.41, 5.74) is 1.89. The van der Waals surface area contributed by atoms with Crippen LogP contribution >= 0.6 is 43.2 Å². The lowest BCUT2D eigenvalue weighted by Crippen LogP contribution is -1.98. The molecule has 1 aromatic carbocycles. The first-order valence-electron chi connectivity index (χ1n) is 5.30. The Balaban J connectivity index is 2.36. The Morgan fingerprint density at radius 1 is 1.28 bits per heavy atom. The Kier molecular flexibility index (Phi) is 4.48. The highest BCUT2D eigenvalue weighted by Gasteiger charge is 2.16. The minimum atomic E-state index is -0.632. The highest BCUT2D eigenvalue weighted by molar-refractivity contribution is 9.13. The maximum absolute atomic E-state index is 10.4. The van der Waals surface area contributed by atoms with Crippen LogP contribution in [0.2, 0.25) is 0 Å². The fourth-order valence-electron chi connectivity index (χ4n) is 1.67. The average molecular weight is 392 g/mol. The topological polar surface area (TPSA) is 29.5 Å². The number of hydrogen-bond donors (Lipinski definition) is 1. The van der Waals surface area contributed by atoms with Crippen LogP contribution in [0.15, 0.2) is 32.5 Å². The van der Waals surface area contributed by atoms with Gasteiger partial charge >= 0.3 is 0 Å². The fourth-order valence-corrected chi connectivity index (χ4v) is 3.77. The standard InChI is InChI=1S/C13H12Br2O2S/c1-7-3-4-8(5-10(7)17-2)12(16)11-6-9(14)13(15)18-11/h3-6,12,16H,1-2H3. The van der Waals surface area contributed by atoms with E-state index >= 15 is 0 Å². The van der Waals surface area contributed by atoms with Crippen LogP contribution in [0.4, 0.5) is 0 Å². The second kappa shape index (κ2) is 5.74. The van der Waals surface area contributed by atoms with Crippen LogP contribution in [0.5, 0.6) is 5.75 Å². The van der Waals surface area contributed by atoms with Gasteiger partial charge in [-0.15, -0.1) is 11.3 Å². The van der Waals surface area contributed by atoms with Gasteiger partial charge in [-0.25, -0.2) is 0 Å². The summed E-state index contributed by atoms with van der Waals surface area (Å²) in [6.07, 6.45) is -0.632. The molecule has 0 bridgehead atoms. The first-order chi connectivity index (χ1) is 8.52. The molecule has 2 nitrogen and oxygen atoms in total. The summed E-state index contributed by atoms with van der Waals surface area (Å²) < 4.78 is 7.22. The van der Waals surface area contributed by atoms with Crippen LogP contribution in [-0.4, -0.2) is 12.2 Å². The van der Waals surface area contributed by atoms with Crippen molar-refractivity contribution in [3.05, 3.63) is 48.5 Å². The van der Waals surface area contributed by atoms with Gasteiger partial charge in [0.15, 0.2) is 0 Å². The van der Waals surface area contributed by atoms with E-state index in [0.717, 1.165) is 30.0 Å². The van der Waals surface area contributed by atoms with Gasteiger partial charge in [-0.05, 0) is 62.0 Å². The monoisotopic (exact) mass is 390 g/mol. The van der Waals surface area contributed by atoms with Gasteiger partial charge in [0.05, 0.1) is 10.9 Å². The van der Waals surface area contributed by atoms with Crippen molar-refractivity contribution in [2.24, 2.45) is 0 Å². The summed E-state index contributed by atoms with van der Waals surface area (Å²) in [5.74, 6) is 0.793. The van der Waals surface area contributed by atoms with Crippen molar-refractivity contribution in [1.29, 1.82) is 0 Å². The Morgan fingerprint density at radius 2 is 2.00 bits per heavy atom. The second-order valence-corrected chi connectivity index (χ2v) is 7.16. The smallest absolute Gasteiger partial charge is 0.122 e. The zero-order valence-electron chi connectivity index (χ0n) is 9.91. The van der Waals surface area contributed by atoms with Crippen LogP contribution in [0, 0.1) is 6.92 Å². The Morgan fingerprint density at radius 3 is 2.56 bits per heavy atom. The third kappa shape index (κ3) is 2.79. The number of aliphatic hydroxyl groups is 1. The first-order valence-corrected chi connectivity index (χ1v) is 7.70. The van der Waals surface area contributed by atoms with Gasteiger partial charge in [0.25, 0.3) is 0 Å². The van der Waals surface area contributed by atoms with Crippen molar-refractivity contribution in [1.82, 2.24) is 0 Å². The lowest BCUT2D eigenvalue weighted by atomic mass is 10.1. The van der Waals surface area contributed by atoms with Crippen LogP contribution in [0.25, 0.3) is 0 Å². The molecule has 0 radical (unpaired) electrons. The lowest BCUT2D eigenvalue weighted by Gasteiger charge is -2.12. The number of aryl methyl sites for hydroxylation is 1.